The number of carbonyl (C=O) groups is 1. The van der Waals surface area contributed by atoms with Crippen LogP contribution < -0.4 is 9.64 Å². The molecule has 6 nitrogen and oxygen atoms in total. The first-order valence-electron chi connectivity index (χ1n) is 12.8. The first-order chi connectivity index (χ1) is 17.1. The lowest BCUT2D eigenvalue weighted by atomic mass is 9.86. The number of carboxylic acids is 1. The maximum atomic E-state index is 12.0. The van der Waals surface area contributed by atoms with Crippen molar-refractivity contribution in [3.63, 3.8) is 0 Å². The molecule has 1 aromatic heterocycles. The smallest absolute Gasteiger partial charge is 0.358 e. The Morgan fingerprint density at radius 3 is 2.39 bits per heavy atom. The molecule has 3 aromatic rings. The summed E-state index contributed by atoms with van der Waals surface area (Å²) in [6.45, 7) is 12.0. The van der Waals surface area contributed by atoms with Crippen molar-refractivity contribution in [3.05, 3.63) is 82.9 Å². The minimum absolute atomic E-state index is 0.0575. The van der Waals surface area contributed by atoms with E-state index in [1.807, 2.05) is 30.3 Å². The lowest BCUT2D eigenvalue weighted by molar-refractivity contribution is 0.0683. The minimum Gasteiger partial charge on any atom is -0.484 e. The molecule has 2 atom stereocenters. The molecule has 0 saturated carbocycles. The van der Waals surface area contributed by atoms with Crippen molar-refractivity contribution in [1.82, 2.24) is 9.97 Å². The lowest BCUT2D eigenvalue weighted by Crippen LogP contribution is -2.41. The number of benzene rings is 2. The van der Waals surface area contributed by atoms with E-state index in [0.29, 0.717) is 29.9 Å². The summed E-state index contributed by atoms with van der Waals surface area (Å²) in [6.07, 6.45) is 2.70. The van der Waals surface area contributed by atoms with Gasteiger partial charge in [-0.25, -0.2) is 14.8 Å². The van der Waals surface area contributed by atoms with Crippen LogP contribution in [-0.2, 0) is 18.4 Å². The molecule has 0 aliphatic carbocycles. The van der Waals surface area contributed by atoms with Crippen LogP contribution in [0.1, 0.15) is 73.7 Å². The van der Waals surface area contributed by atoms with Crippen LogP contribution in [0.4, 0.5) is 5.69 Å². The molecular formula is C30H37N3O3. The zero-order valence-corrected chi connectivity index (χ0v) is 22.0. The van der Waals surface area contributed by atoms with Gasteiger partial charge in [0.25, 0.3) is 0 Å². The predicted octanol–water partition coefficient (Wildman–Crippen LogP) is 6.21. The Kier molecular flexibility index (Phi) is 7.62. The Morgan fingerprint density at radius 2 is 1.78 bits per heavy atom. The van der Waals surface area contributed by atoms with Crippen molar-refractivity contribution in [3.8, 4) is 5.75 Å². The van der Waals surface area contributed by atoms with Gasteiger partial charge >= 0.3 is 5.97 Å². The summed E-state index contributed by atoms with van der Waals surface area (Å²) in [5.74, 6) is 0.142. The molecule has 2 heterocycles. The first-order valence-corrected chi connectivity index (χ1v) is 12.8. The fourth-order valence-corrected chi connectivity index (χ4v) is 5.01. The molecular weight excluding hydrogens is 450 g/mol. The van der Waals surface area contributed by atoms with Gasteiger partial charge in [-0.2, -0.15) is 0 Å². The third-order valence-corrected chi connectivity index (χ3v) is 7.03. The van der Waals surface area contributed by atoms with Crippen LogP contribution in [0, 0.1) is 12.8 Å². The zero-order valence-electron chi connectivity index (χ0n) is 22.0. The van der Waals surface area contributed by atoms with Gasteiger partial charge in [0, 0.05) is 24.7 Å². The maximum Gasteiger partial charge on any atom is 0.358 e. The summed E-state index contributed by atoms with van der Waals surface area (Å²) in [5.41, 5.74) is 4.22. The zero-order chi connectivity index (χ0) is 25.9. The van der Waals surface area contributed by atoms with Crippen LogP contribution in [0.2, 0.25) is 0 Å². The highest BCUT2D eigenvalue weighted by atomic mass is 16.5. The van der Waals surface area contributed by atoms with Crippen molar-refractivity contribution in [1.29, 1.82) is 0 Å². The van der Waals surface area contributed by atoms with Gasteiger partial charge in [-0.1, -0.05) is 63.2 Å². The monoisotopic (exact) mass is 487 g/mol. The number of aromatic carboxylic acids is 1. The summed E-state index contributed by atoms with van der Waals surface area (Å²) in [6, 6.07) is 19.0. The van der Waals surface area contributed by atoms with Crippen molar-refractivity contribution in [2.24, 2.45) is 5.92 Å². The largest absolute Gasteiger partial charge is 0.484 e. The van der Waals surface area contributed by atoms with Gasteiger partial charge in [-0.15, -0.1) is 0 Å². The number of piperidine rings is 1. The molecule has 2 unspecified atom stereocenters. The van der Waals surface area contributed by atoms with E-state index in [-0.39, 0.29) is 23.5 Å². The molecule has 6 heteroatoms. The van der Waals surface area contributed by atoms with Gasteiger partial charge in [0.2, 0.25) is 0 Å². The Morgan fingerprint density at radius 1 is 1.08 bits per heavy atom. The third kappa shape index (κ3) is 6.04. The van der Waals surface area contributed by atoms with Gasteiger partial charge in [0.1, 0.15) is 12.4 Å². The highest BCUT2D eigenvalue weighted by molar-refractivity contribution is 5.88. The number of anilines is 1. The summed E-state index contributed by atoms with van der Waals surface area (Å²) >= 11 is 0. The van der Waals surface area contributed by atoms with Crippen LogP contribution in [0.25, 0.3) is 0 Å². The van der Waals surface area contributed by atoms with E-state index in [9.17, 15) is 9.90 Å². The Labute approximate surface area is 214 Å². The molecule has 0 radical (unpaired) electrons. The average molecular weight is 488 g/mol. The van der Waals surface area contributed by atoms with Crippen molar-refractivity contribution < 1.29 is 14.6 Å². The Hall–Kier alpha value is -3.41. The van der Waals surface area contributed by atoms with Crippen molar-refractivity contribution in [2.75, 3.05) is 11.4 Å². The van der Waals surface area contributed by atoms with Gasteiger partial charge < -0.3 is 14.7 Å². The SMILES string of the molecule is Cc1nc(CC2CCN(c3ccc(C(C)(C)C)cc3)C(C)C2)nc(C(=O)O)c1OCc1ccccc1. The number of aryl methyl sites for hydroxylation is 1. The van der Waals surface area contributed by atoms with E-state index in [0.717, 1.165) is 24.9 Å². The van der Waals surface area contributed by atoms with E-state index < -0.39 is 5.97 Å². The van der Waals surface area contributed by atoms with Crippen LogP contribution in [0.3, 0.4) is 0 Å². The number of ether oxygens (including phenoxy) is 1. The Bertz CT molecular complexity index is 1190. The van der Waals surface area contributed by atoms with Gasteiger partial charge in [-0.3, -0.25) is 0 Å². The second-order valence-electron chi connectivity index (χ2n) is 10.9. The van der Waals surface area contributed by atoms with E-state index in [4.69, 9.17) is 4.74 Å². The standard InChI is InChI=1S/C30H37N3O3/c1-20-17-23(15-16-33(20)25-13-11-24(12-14-25)30(3,4)5)18-26-31-21(2)28(27(32-26)29(34)35)36-19-22-9-7-6-8-10-22/h6-14,20,23H,15-19H2,1-5H3,(H,34,35). The summed E-state index contributed by atoms with van der Waals surface area (Å²) in [4.78, 5) is 23.5. The van der Waals surface area contributed by atoms with Crippen molar-refractivity contribution in [2.45, 2.75) is 71.9 Å². The molecule has 0 bridgehead atoms. The van der Waals surface area contributed by atoms with Gasteiger partial charge in [0.15, 0.2) is 11.4 Å². The third-order valence-electron chi connectivity index (χ3n) is 7.03. The first kappa shape index (κ1) is 25.7. The lowest BCUT2D eigenvalue weighted by Gasteiger charge is -2.39. The fourth-order valence-electron chi connectivity index (χ4n) is 5.01. The number of hydrogen-bond donors (Lipinski definition) is 1. The molecule has 4 rings (SSSR count). The number of rotatable bonds is 7. The summed E-state index contributed by atoms with van der Waals surface area (Å²) < 4.78 is 5.86. The van der Waals surface area contributed by atoms with E-state index >= 15 is 0 Å². The topological polar surface area (TPSA) is 75.6 Å². The summed E-state index contributed by atoms with van der Waals surface area (Å²) in [7, 11) is 0. The number of aromatic nitrogens is 2. The normalized spacial score (nSPS) is 18.2. The Balaban J connectivity index is 1.43. The average Bonchev–Trinajstić information content (AvgIpc) is 2.83. The molecule has 1 saturated heterocycles. The molecule has 2 aromatic carbocycles. The minimum atomic E-state index is -1.09. The molecule has 1 fully saturated rings. The van der Waals surface area contributed by atoms with Crippen LogP contribution in [-0.4, -0.2) is 33.6 Å². The van der Waals surface area contributed by atoms with Gasteiger partial charge in [-0.05, 0) is 61.3 Å². The molecule has 1 N–H and O–H groups in total. The van der Waals surface area contributed by atoms with E-state index in [1.54, 1.807) is 6.92 Å². The van der Waals surface area contributed by atoms with Crippen LogP contribution >= 0.6 is 0 Å². The predicted molar refractivity (Wildman–Crippen MR) is 143 cm³/mol. The number of nitrogens with zero attached hydrogens (tertiary/aromatic N) is 3. The molecule has 36 heavy (non-hydrogen) atoms. The second-order valence-corrected chi connectivity index (χ2v) is 10.9. The second kappa shape index (κ2) is 10.7. The summed E-state index contributed by atoms with van der Waals surface area (Å²) in [5, 5.41) is 9.81. The number of hydrogen-bond acceptors (Lipinski definition) is 5. The molecule has 1 aliphatic rings. The van der Waals surface area contributed by atoms with Crippen LogP contribution in [0.5, 0.6) is 5.75 Å². The highest BCUT2D eigenvalue weighted by Gasteiger charge is 2.28. The fraction of sp³-hybridized carbons (Fsp3) is 0.433. The molecule has 1 aliphatic heterocycles. The quantitative estimate of drug-likeness (QED) is 0.427. The maximum absolute atomic E-state index is 12.0. The van der Waals surface area contributed by atoms with Gasteiger partial charge in [0.05, 0.1) is 5.69 Å². The number of carboxylic acid groups (broad SMARTS) is 1. The molecule has 0 amide bonds. The van der Waals surface area contributed by atoms with Crippen molar-refractivity contribution >= 4 is 11.7 Å². The highest BCUT2D eigenvalue weighted by Crippen LogP contribution is 2.32. The molecule has 0 spiro atoms. The van der Waals surface area contributed by atoms with E-state index in [2.05, 4.69) is 66.8 Å². The van der Waals surface area contributed by atoms with Crippen LogP contribution in [0.15, 0.2) is 54.6 Å². The molecule has 190 valence electrons. The van der Waals surface area contributed by atoms with E-state index in [1.165, 1.54) is 11.3 Å².